The van der Waals surface area contributed by atoms with Gasteiger partial charge in [-0.3, -0.25) is 28.9 Å². The fourth-order valence-electron chi connectivity index (χ4n) is 9.25. The van der Waals surface area contributed by atoms with Crippen molar-refractivity contribution in [3.05, 3.63) is 12.2 Å². The number of quaternary nitrogens is 2. The highest BCUT2D eigenvalue weighted by Gasteiger charge is 2.64. The summed E-state index contributed by atoms with van der Waals surface area (Å²) < 4.78 is 2.08. The van der Waals surface area contributed by atoms with Crippen molar-refractivity contribution in [3.8, 4) is 0 Å². The molecule has 14 heteroatoms. The van der Waals surface area contributed by atoms with E-state index in [0.29, 0.717) is 32.6 Å². The van der Waals surface area contributed by atoms with Gasteiger partial charge < -0.3 is 41.3 Å². The summed E-state index contributed by atoms with van der Waals surface area (Å²) in [5, 5.41) is 16.8. The summed E-state index contributed by atoms with van der Waals surface area (Å²) in [5.74, 6) is -0.388. The van der Waals surface area contributed by atoms with Gasteiger partial charge in [-0.25, -0.2) is 0 Å². The number of hydrogen-bond donors (Lipinski definition) is 6. The maximum atomic E-state index is 13.1. The molecule has 7 N–H and O–H groups in total. The first-order valence-electron chi connectivity index (χ1n) is 17.3. The fourth-order valence-corrected chi connectivity index (χ4v) is 9.25. The van der Waals surface area contributed by atoms with Crippen LogP contribution in [0, 0.1) is 11.8 Å². The Balaban J connectivity index is 0.937. The summed E-state index contributed by atoms with van der Waals surface area (Å²) in [6.07, 6.45) is 6.27. The van der Waals surface area contributed by atoms with E-state index < -0.39 is 0 Å². The second-order valence-corrected chi connectivity index (χ2v) is 15.1. The van der Waals surface area contributed by atoms with Crippen LogP contribution in [0.1, 0.15) is 38.5 Å². The number of nitrogens with two attached hydrogens (primary N) is 1. The molecule has 0 aromatic rings. The Morgan fingerprint density at radius 1 is 0.804 bits per heavy atom. The van der Waals surface area contributed by atoms with Crippen LogP contribution >= 0.6 is 0 Å². The predicted molar refractivity (Wildman–Crippen MR) is 170 cm³/mol. The molecule has 8 fully saturated rings. The lowest BCUT2D eigenvalue weighted by Gasteiger charge is -2.65. The standard InChI is InChI=1S/C32H51N9O5/c33-9-7-26(42)37-31-18-34-11-12-35-19-32(22-41(23-32)15-13-40(20-31,21-31)14-16-41)38-27(43)8-10-36-30(46)25-3-1-24(2-4-25)17-39-28(44)5-6-29(39)45/h5-6,24-25,34-35H,1-4,7-23,33H2,(H-2,36,37,38,42,43,46)/p+2. The molecule has 14 nitrogen and oxygen atoms in total. The normalized spacial score (nSPS) is 37.1. The maximum absolute atomic E-state index is 13.1. The number of amides is 5. The second-order valence-electron chi connectivity index (χ2n) is 15.1. The molecule has 1 aliphatic carbocycles. The molecule has 0 aromatic carbocycles. The molecule has 0 atom stereocenters. The number of nitrogens with zero attached hydrogens (tertiary/aromatic N) is 3. The topological polar surface area (TPSA) is 175 Å². The van der Waals surface area contributed by atoms with Crippen LogP contribution in [-0.2, 0) is 24.0 Å². The molecule has 9 rings (SSSR count). The molecule has 254 valence electrons. The Labute approximate surface area is 271 Å². The highest BCUT2D eigenvalue weighted by atomic mass is 16.2. The molecule has 1 saturated carbocycles. The average molecular weight is 644 g/mol. The number of piperazine rings is 1. The largest absolute Gasteiger partial charge is 0.355 e. The van der Waals surface area contributed by atoms with Crippen LogP contribution in [0.4, 0.5) is 0 Å². The number of nitrogens with one attached hydrogen (secondary N) is 5. The molecular weight excluding hydrogens is 590 g/mol. The van der Waals surface area contributed by atoms with Gasteiger partial charge in [0.05, 0.1) is 0 Å². The molecule has 9 aliphatic rings. The quantitative estimate of drug-likeness (QED) is 0.109. The van der Waals surface area contributed by atoms with Gasteiger partial charge in [-0.15, -0.1) is 0 Å². The van der Waals surface area contributed by atoms with Gasteiger partial charge in [0.15, 0.2) is 11.1 Å². The first-order valence-corrected chi connectivity index (χ1v) is 17.3. The van der Waals surface area contributed by atoms with Crippen LogP contribution in [0.25, 0.3) is 0 Å². The predicted octanol–water partition coefficient (Wildman–Crippen LogP) is -2.85. The van der Waals surface area contributed by atoms with Crippen LogP contribution in [0.15, 0.2) is 12.2 Å². The zero-order valence-electron chi connectivity index (χ0n) is 27.1. The lowest BCUT2D eigenvalue weighted by molar-refractivity contribution is -1.07. The molecule has 5 amide bonds. The van der Waals surface area contributed by atoms with Crippen molar-refractivity contribution in [2.75, 3.05) is 98.2 Å². The van der Waals surface area contributed by atoms with Crippen LogP contribution in [-0.4, -0.2) is 153 Å². The van der Waals surface area contributed by atoms with Gasteiger partial charge in [-0.1, -0.05) is 0 Å². The van der Waals surface area contributed by atoms with Crippen LogP contribution in [0.3, 0.4) is 0 Å². The number of carbonyl (C=O) groups excluding carboxylic acids is 5. The monoisotopic (exact) mass is 643 g/mol. The van der Waals surface area contributed by atoms with Crippen molar-refractivity contribution in [2.24, 2.45) is 17.6 Å². The Bertz CT molecular complexity index is 1200. The molecule has 8 heterocycles. The van der Waals surface area contributed by atoms with Crippen LogP contribution in [0.5, 0.6) is 0 Å². The van der Waals surface area contributed by atoms with E-state index in [0.717, 1.165) is 107 Å². The highest BCUT2D eigenvalue weighted by Crippen LogP contribution is 2.38. The van der Waals surface area contributed by atoms with Crippen molar-refractivity contribution in [1.29, 1.82) is 0 Å². The lowest BCUT2D eigenvalue weighted by Crippen LogP contribution is -2.89. The minimum absolute atomic E-state index is 0.0148. The number of rotatable bonds is 10. The Kier molecular flexibility index (Phi) is 9.55. The first kappa shape index (κ1) is 33.0. The number of hydrogen-bond acceptors (Lipinski definition) is 8. The van der Waals surface area contributed by atoms with Gasteiger partial charge in [0, 0.05) is 76.7 Å². The second kappa shape index (κ2) is 13.3. The molecule has 46 heavy (non-hydrogen) atoms. The molecular formula is C32H53N9O5+2. The van der Waals surface area contributed by atoms with Crippen molar-refractivity contribution >= 4 is 29.5 Å². The summed E-state index contributed by atoms with van der Waals surface area (Å²) in [4.78, 5) is 63.5. The summed E-state index contributed by atoms with van der Waals surface area (Å²) in [6, 6.07) is 0. The van der Waals surface area contributed by atoms with E-state index in [-0.39, 0.29) is 58.9 Å². The van der Waals surface area contributed by atoms with E-state index in [2.05, 4.69) is 26.6 Å². The van der Waals surface area contributed by atoms with E-state index >= 15 is 0 Å². The molecule has 0 radical (unpaired) electrons. The van der Waals surface area contributed by atoms with Crippen molar-refractivity contribution < 1.29 is 32.9 Å². The number of carbonyl (C=O) groups is 5. The zero-order valence-corrected chi connectivity index (χ0v) is 27.1. The van der Waals surface area contributed by atoms with Gasteiger partial charge in [-0.2, -0.15) is 0 Å². The minimum atomic E-state index is -0.283. The van der Waals surface area contributed by atoms with E-state index in [4.69, 9.17) is 5.73 Å². The molecule has 0 unspecified atom stereocenters. The fraction of sp³-hybridized carbons (Fsp3) is 0.781. The maximum Gasteiger partial charge on any atom is 0.253 e. The average Bonchev–Trinajstić information content (AvgIpc) is 3.31. The van der Waals surface area contributed by atoms with Crippen molar-refractivity contribution in [2.45, 2.75) is 49.6 Å². The van der Waals surface area contributed by atoms with E-state index in [1.807, 2.05) is 0 Å². The van der Waals surface area contributed by atoms with Gasteiger partial charge in [0.1, 0.15) is 52.4 Å². The molecule has 8 aliphatic heterocycles. The van der Waals surface area contributed by atoms with E-state index in [1.165, 1.54) is 17.1 Å². The Morgan fingerprint density at radius 3 is 1.80 bits per heavy atom. The summed E-state index contributed by atoms with van der Waals surface area (Å²) >= 11 is 0. The Morgan fingerprint density at radius 2 is 1.30 bits per heavy atom. The summed E-state index contributed by atoms with van der Waals surface area (Å²) in [5.41, 5.74) is 5.14. The highest BCUT2D eigenvalue weighted by molar-refractivity contribution is 6.12. The smallest absolute Gasteiger partial charge is 0.253 e. The SMILES string of the molecule is NCCC(=O)NC12CNCCNCC3(NC(=O)CCNC(=O)C4CCC(CN5C(=O)C=CC5=O)CC4)C[N+]4(CC[N+](CC4)(C1)C2)C3. The van der Waals surface area contributed by atoms with Crippen molar-refractivity contribution in [3.63, 3.8) is 0 Å². The van der Waals surface area contributed by atoms with E-state index in [1.54, 1.807) is 0 Å². The van der Waals surface area contributed by atoms with Crippen LogP contribution in [0.2, 0.25) is 0 Å². The van der Waals surface area contributed by atoms with Gasteiger partial charge >= 0.3 is 0 Å². The minimum Gasteiger partial charge on any atom is -0.355 e. The van der Waals surface area contributed by atoms with Gasteiger partial charge in [0.2, 0.25) is 17.7 Å². The third-order valence-electron chi connectivity index (χ3n) is 11.4. The van der Waals surface area contributed by atoms with Gasteiger partial charge in [0.25, 0.3) is 11.8 Å². The number of fused-ring (bicyclic) bond motifs is 1. The Hall–Kier alpha value is -2.91. The summed E-state index contributed by atoms with van der Waals surface area (Å²) in [7, 11) is 0. The van der Waals surface area contributed by atoms with E-state index in [9.17, 15) is 24.0 Å². The molecule has 2 spiro atoms. The summed E-state index contributed by atoms with van der Waals surface area (Å²) in [6.45, 7) is 12.2. The lowest BCUT2D eigenvalue weighted by atomic mass is 9.80. The van der Waals surface area contributed by atoms with Crippen LogP contribution < -0.4 is 32.3 Å². The molecule has 4 bridgehead atoms. The van der Waals surface area contributed by atoms with Crippen molar-refractivity contribution in [1.82, 2.24) is 31.5 Å². The third kappa shape index (κ3) is 7.15. The zero-order chi connectivity index (χ0) is 32.4. The first-order chi connectivity index (χ1) is 22.1. The third-order valence-corrected chi connectivity index (χ3v) is 11.4. The molecule has 0 aromatic heterocycles. The molecule has 7 saturated heterocycles. The van der Waals surface area contributed by atoms with Gasteiger partial charge in [-0.05, 0) is 31.6 Å². The number of imide groups is 1.